The molecule has 0 atom stereocenters. The van der Waals surface area contributed by atoms with E-state index in [1.54, 1.807) is 6.07 Å². The van der Waals surface area contributed by atoms with E-state index in [9.17, 15) is 13.9 Å². The number of anilines is 2. The first-order valence-corrected chi connectivity index (χ1v) is 11.5. The lowest BCUT2D eigenvalue weighted by Gasteiger charge is -2.32. The summed E-state index contributed by atoms with van der Waals surface area (Å²) in [5, 5.41) is 13.1. The fourth-order valence-electron chi connectivity index (χ4n) is 3.72. The third kappa shape index (κ3) is 4.21. The number of pyridine rings is 1. The number of hydrogen-bond donors (Lipinski definition) is 4. The number of nitrogens with one attached hydrogen (secondary N) is 1. The lowest BCUT2D eigenvalue weighted by atomic mass is 10.1. The number of carbonyl (C=O) groups is 1. The van der Waals surface area contributed by atoms with E-state index in [0.717, 1.165) is 33.5 Å². The van der Waals surface area contributed by atoms with Gasteiger partial charge in [-0.3, -0.25) is 13.9 Å². The number of aliphatic carboxylic acids is 1. The molecule has 7 nitrogen and oxygen atoms in total. The van der Waals surface area contributed by atoms with Crippen molar-refractivity contribution in [3.8, 4) is 0 Å². The van der Waals surface area contributed by atoms with Crippen molar-refractivity contribution in [1.82, 2.24) is 4.98 Å². The van der Waals surface area contributed by atoms with Gasteiger partial charge in [0.2, 0.25) is 0 Å². The molecule has 4 N–H and O–H groups in total. The van der Waals surface area contributed by atoms with Crippen molar-refractivity contribution in [2.24, 2.45) is 0 Å². The molecule has 8 heteroatoms. The number of aromatic nitrogens is 1. The van der Waals surface area contributed by atoms with Crippen LogP contribution in [0.5, 0.6) is 0 Å². The molecular weight excluding hydrogens is 402 g/mol. The summed E-state index contributed by atoms with van der Waals surface area (Å²) < 4.78 is 21.2. The summed E-state index contributed by atoms with van der Waals surface area (Å²) in [6.07, 6.45) is 0.0168. The Morgan fingerprint density at radius 2 is 2.00 bits per heavy atom. The van der Waals surface area contributed by atoms with Gasteiger partial charge in [0.15, 0.2) is 0 Å². The molecule has 0 saturated heterocycles. The highest BCUT2D eigenvalue weighted by molar-refractivity contribution is 8.24. The standard InChI is InChI=1S/C22H25N3O4S/c1-15-6-7-18-17(12-15)19(23-9-8-22(26)27)13-21(24-18)25-10-11-30(28,29)20-5-3-2-4-16(20)14-25/h2-7,12-13,28-29H,8-11,14H2,1H3,(H,23,24)(H,26,27). The zero-order valence-electron chi connectivity index (χ0n) is 16.7. The van der Waals surface area contributed by atoms with E-state index >= 15 is 0 Å². The van der Waals surface area contributed by atoms with E-state index in [1.165, 1.54) is 0 Å². The molecule has 1 aliphatic rings. The second-order valence-electron chi connectivity index (χ2n) is 7.52. The van der Waals surface area contributed by atoms with Gasteiger partial charge >= 0.3 is 5.97 Å². The topological polar surface area (TPSA) is 106 Å². The van der Waals surface area contributed by atoms with Gasteiger partial charge in [0.25, 0.3) is 0 Å². The van der Waals surface area contributed by atoms with E-state index in [0.29, 0.717) is 24.5 Å². The lowest BCUT2D eigenvalue weighted by molar-refractivity contribution is -0.136. The predicted molar refractivity (Wildman–Crippen MR) is 121 cm³/mol. The Kier molecular flexibility index (Phi) is 5.55. The van der Waals surface area contributed by atoms with Crippen molar-refractivity contribution < 1.29 is 19.0 Å². The minimum absolute atomic E-state index is 0.0168. The highest BCUT2D eigenvalue weighted by Crippen LogP contribution is 2.51. The predicted octanol–water partition coefficient (Wildman–Crippen LogP) is 4.56. The molecule has 2 heterocycles. The van der Waals surface area contributed by atoms with Crippen molar-refractivity contribution in [3.63, 3.8) is 0 Å². The molecular formula is C22H25N3O4S. The van der Waals surface area contributed by atoms with Crippen LogP contribution < -0.4 is 10.2 Å². The van der Waals surface area contributed by atoms with Crippen molar-refractivity contribution in [1.29, 1.82) is 0 Å². The van der Waals surface area contributed by atoms with E-state index in [4.69, 9.17) is 10.1 Å². The maximum absolute atomic E-state index is 10.9. The summed E-state index contributed by atoms with van der Waals surface area (Å²) in [6, 6.07) is 15.3. The van der Waals surface area contributed by atoms with Gasteiger partial charge in [-0.2, -0.15) is 10.6 Å². The highest BCUT2D eigenvalue weighted by Gasteiger charge is 2.26. The Labute approximate surface area is 176 Å². The molecule has 0 saturated carbocycles. The van der Waals surface area contributed by atoms with Gasteiger partial charge in [0.05, 0.1) is 22.6 Å². The fraction of sp³-hybridized carbons (Fsp3) is 0.273. The van der Waals surface area contributed by atoms with Crippen molar-refractivity contribution in [2.45, 2.75) is 24.8 Å². The zero-order valence-corrected chi connectivity index (χ0v) is 17.5. The van der Waals surface area contributed by atoms with Gasteiger partial charge < -0.3 is 15.3 Å². The van der Waals surface area contributed by atoms with Crippen LogP contribution in [-0.4, -0.2) is 44.0 Å². The second kappa shape index (κ2) is 8.14. The number of hydrogen-bond acceptors (Lipinski definition) is 6. The summed E-state index contributed by atoms with van der Waals surface area (Å²) in [5.41, 5.74) is 3.60. The van der Waals surface area contributed by atoms with Gasteiger partial charge in [-0.05, 0) is 30.7 Å². The number of fused-ring (bicyclic) bond motifs is 2. The Morgan fingerprint density at radius 3 is 2.80 bits per heavy atom. The number of aryl methyl sites for hydroxylation is 1. The first kappa shape index (κ1) is 20.5. The second-order valence-corrected chi connectivity index (χ2v) is 9.70. The third-order valence-corrected chi connectivity index (χ3v) is 7.12. The molecule has 3 aromatic rings. The van der Waals surface area contributed by atoms with Gasteiger partial charge in [-0.1, -0.05) is 29.8 Å². The van der Waals surface area contributed by atoms with Crippen LogP contribution in [0.3, 0.4) is 0 Å². The first-order valence-electron chi connectivity index (χ1n) is 9.79. The number of rotatable bonds is 5. The fourth-order valence-corrected chi connectivity index (χ4v) is 5.26. The minimum Gasteiger partial charge on any atom is -0.481 e. The van der Waals surface area contributed by atoms with Gasteiger partial charge in [0, 0.05) is 36.8 Å². The zero-order chi connectivity index (χ0) is 21.3. The van der Waals surface area contributed by atoms with Crippen molar-refractivity contribution >= 4 is 39.0 Å². The number of nitrogens with zero attached hydrogens (tertiary/aromatic N) is 2. The van der Waals surface area contributed by atoms with Crippen molar-refractivity contribution in [2.75, 3.05) is 29.1 Å². The van der Waals surface area contributed by atoms with E-state index in [-0.39, 0.29) is 12.2 Å². The van der Waals surface area contributed by atoms with Crippen LogP contribution in [0.15, 0.2) is 53.4 Å². The van der Waals surface area contributed by atoms with Crippen LogP contribution in [0, 0.1) is 6.92 Å². The molecule has 0 spiro atoms. The average Bonchev–Trinajstić information content (AvgIpc) is 2.84. The van der Waals surface area contributed by atoms with Gasteiger partial charge in [-0.25, -0.2) is 4.98 Å². The molecule has 0 fully saturated rings. The summed E-state index contributed by atoms with van der Waals surface area (Å²) >= 11 is 0. The first-order chi connectivity index (χ1) is 14.3. The molecule has 4 rings (SSSR count). The molecule has 0 aliphatic carbocycles. The summed E-state index contributed by atoms with van der Waals surface area (Å²) in [5.74, 6) is 0.0991. The molecule has 1 aromatic heterocycles. The summed E-state index contributed by atoms with van der Waals surface area (Å²) in [7, 11) is -2.85. The molecule has 2 aromatic carbocycles. The van der Waals surface area contributed by atoms with Crippen LogP contribution >= 0.6 is 10.6 Å². The molecule has 1 aliphatic heterocycles. The minimum atomic E-state index is -2.85. The summed E-state index contributed by atoms with van der Waals surface area (Å²) in [4.78, 5) is 18.4. The van der Waals surface area contributed by atoms with E-state index in [1.807, 2.05) is 54.3 Å². The lowest BCUT2D eigenvalue weighted by Crippen LogP contribution is -2.26. The van der Waals surface area contributed by atoms with Gasteiger partial charge in [0.1, 0.15) is 5.82 Å². The largest absolute Gasteiger partial charge is 0.481 e. The normalized spacial score (nSPS) is 16.6. The van der Waals surface area contributed by atoms with Crippen LogP contribution in [-0.2, 0) is 11.3 Å². The third-order valence-electron chi connectivity index (χ3n) is 5.26. The van der Waals surface area contributed by atoms with Crippen LogP contribution in [0.2, 0.25) is 0 Å². The maximum atomic E-state index is 10.9. The molecule has 30 heavy (non-hydrogen) atoms. The Balaban J connectivity index is 1.73. The number of carboxylic acid groups (broad SMARTS) is 1. The van der Waals surface area contributed by atoms with Crippen LogP contribution in [0.4, 0.5) is 11.5 Å². The summed E-state index contributed by atoms with van der Waals surface area (Å²) in [6.45, 7) is 3.29. The number of benzene rings is 2. The average molecular weight is 428 g/mol. The number of carboxylic acids is 1. The quantitative estimate of drug-likeness (QED) is 0.473. The molecule has 0 radical (unpaired) electrons. The van der Waals surface area contributed by atoms with Gasteiger partial charge in [-0.15, -0.1) is 0 Å². The smallest absolute Gasteiger partial charge is 0.305 e. The highest BCUT2D eigenvalue weighted by atomic mass is 32.3. The van der Waals surface area contributed by atoms with Crippen molar-refractivity contribution in [3.05, 3.63) is 59.7 Å². The Morgan fingerprint density at radius 1 is 1.20 bits per heavy atom. The Bertz CT molecular complexity index is 1100. The van der Waals surface area contributed by atoms with E-state index in [2.05, 4.69) is 5.32 Å². The SMILES string of the molecule is Cc1ccc2nc(N3CCS(O)(O)c4ccccc4C3)cc(NCCC(=O)O)c2c1. The molecule has 0 amide bonds. The molecule has 0 unspecified atom stereocenters. The van der Waals surface area contributed by atoms with Crippen LogP contribution in [0.25, 0.3) is 10.9 Å². The maximum Gasteiger partial charge on any atom is 0.305 e. The monoisotopic (exact) mass is 427 g/mol. The molecule has 158 valence electrons. The molecule has 0 bridgehead atoms. The van der Waals surface area contributed by atoms with Crippen LogP contribution in [0.1, 0.15) is 17.5 Å². The Hall–Kier alpha value is -2.81. The van der Waals surface area contributed by atoms with E-state index < -0.39 is 16.6 Å².